The molecule has 120 valence electrons. The predicted molar refractivity (Wildman–Crippen MR) is 83.7 cm³/mol. The lowest BCUT2D eigenvalue weighted by atomic mass is 10.2. The Morgan fingerprint density at radius 3 is 3.09 bits per heavy atom. The summed E-state index contributed by atoms with van der Waals surface area (Å²) in [6.07, 6.45) is 1.80. The van der Waals surface area contributed by atoms with E-state index >= 15 is 0 Å². The molecule has 1 unspecified atom stereocenters. The number of nitrogens with one attached hydrogen (secondary N) is 1. The lowest BCUT2D eigenvalue weighted by Crippen LogP contribution is -2.38. The Labute approximate surface area is 134 Å². The van der Waals surface area contributed by atoms with Crippen LogP contribution in [-0.2, 0) is 17.8 Å². The number of nitrogens with zero attached hydrogens (tertiary/aromatic N) is 4. The van der Waals surface area contributed by atoms with Crippen LogP contribution in [-0.4, -0.2) is 33.3 Å². The first-order valence-corrected chi connectivity index (χ1v) is 7.45. The molecule has 0 spiro atoms. The van der Waals surface area contributed by atoms with Gasteiger partial charge in [-0.2, -0.15) is 5.26 Å². The molecule has 0 bridgehead atoms. The van der Waals surface area contributed by atoms with Gasteiger partial charge in [0.15, 0.2) is 6.10 Å². The van der Waals surface area contributed by atoms with Crippen molar-refractivity contribution in [3.63, 3.8) is 0 Å². The maximum atomic E-state index is 12.0. The highest BCUT2D eigenvalue weighted by molar-refractivity contribution is 5.80. The third-order valence-electron chi connectivity index (χ3n) is 3.31. The van der Waals surface area contributed by atoms with Crippen molar-refractivity contribution >= 4 is 5.91 Å². The Bertz CT molecular complexity index is 704. The van der Waals surface area contributed by atoms with Crippen LogP contribution in [0.2, 0.25) is 0 Å². The van der Waals surface area contributed by atoms with E-state index in [0.717, 1.165) is 12.2 Å². The molecule has 0 aliphatic heterocycles. The first kappa shape index (κ1) is 16.5. The van der Waals surface area contributed by atoms with E-state index in [0.29, 0.717) is 24.4 Å². The maximum Gasteiger partial charge on any atom is 0.260 e. The van der Waals surface area contributed by atoms with Crippen molar-refractivity contribution in [3.05, 3.63) is 42.0 Å². The van der Waals surface area contributed by atoms with Crippen molar-refractivity contribution in [3.8, 4) is 11.8 Å². The zero-order chi connectivity index (χ0) is 16.7. The Morgan fingerprint density at radius 1 is 1.52 bits per heavy atom. The van der Waals surface area contributed by atoms with Crippen LogP contribution in [0.4, 0.5) is 0 Å². The molecule has 0 aliphatic rings. The van der Waals surface area contributed by atoms with Crippen LogP contribution in [0.25, 0.3) is 0 Å². The maximum absolute atomic E-state index is 12.0. The van der Waals surface area contributed by atoms with Crippen molar-refractivity contribution in [2.75, 3.05) is 6.54 Å². The minimum Gasteiger partial charge on any atom is -0.481 e. The number of aromatic nitrogens is 3. The van der Waals surface area contributed by atoms with E-state index in [2.05, 4.69) is 15.5 Å². The normalized spacial score (nSPS) is 11.5. The zero-order valence-corrected chi connectivity index (χ0v) is 13.2. The average Bonchev–Trinajstić information content (AvgIpc) is 3.02. The van der Waals surface area contributed by atoms with Crippen molar-refractivity contribution in [1.82, 2.24) is 20.1 Å². The molecule has 1 N–H and O–H groups in total. The van der Waals surface area contributed by atoms with Crippen LogP contribution < -0.4 is 10.1 Å². The number of nitriles is 1. The molecule has 1 aromatic heterocycles. The lowest BCUT2D eigenvalue weighted by molar-refractivity contribution is -0.127. The molecule has 7 heteroatoms. The van der Waals surface area contributed by atoms with Gasteiger partial charge < -0.3 is 14.6 Å². The van der Waals surface area contributed by atoms with Crippen LogP contribution >= 0.6 is 0 Å². The molecule has 1 atom stereocenters. The van der Waals surface area contributed by atoms with Gasteiger partial charge >= 0.3 is 0 Å². The van der Waals surface area contributed by atoms with Gasteiger partial charge in [-0.15, -0.1) is 10.2 Å². The second-order valence-corrected chi connectivity index (χ2v) is 4.98. The SMILES string of the molecule is CCc1nncn1CCNC(=O)C(C)Oc1cccc(C#N)c1. The monoisotopic (exact) mass is 313 g/mol. The molecule has 2 rings (SSSR count). The van der Waals surface area contributed by atoms with Gasteiger partial charge in [-0.25, -0.2) is 0 Å². The summed E-state index contributed by atoms with van der Waals surface area (Å²) in [4.78, 5) is 12.0. The zero-order valence-electron chi connectivity index (χ0n) is 13.2. The molecule has 0 saturated heterocycles. The van der Waals surface area contributed by atoms with Gasteiger partial charge in [-0.05, 0) is 25.1 Å². The van der Waals surface area contributed by atoms with E-state index in [-0.39, 0.29) is 5.91 Å². The third kappa shape index (κ3) is 4.54. The molecule has 1 amide bonds. The van der Waals surface area contributed by atoms with E-state index in [9.17, 15) is 4.79 Å². The van der Waals surface area contributed by atoms with E-state index in [4.69, 9.17) is 10.00 Å². The minimum atomic E-state index is -0.643. The highest BCUT2D eigenvalue weighted by atomic mass is 16.5. The molecule has 23 heavy (non-hydrogen) atoms. The summed E-state index contributed by atoms with van der Waals surface area (Å²) in [5, 5.41) is 19.5. The molecule has 0 fully saturated rings. The van der Waals surface area contributed by atoms with Crippen molar-refractivity contribution in [2.45, 2.75) is 32.9 Å². The number of hydrogen-bond acceptors (Lipinski definition) is 5. The molecule has 7 nitrogen and oxygen atoms in total. The van der Waals surface area contributed by atoms with Crippen LogP contribution in [0.3, 0.4) is 0 Å². The van der Waals surface area contributed by atoms with E-state index in [1.54, 1.807) is 37.5 Å². The smallest absolute Gasteiger partial charge is 0.260 e. The summed E-state index contributed by atoms with van der Waals surface area (Å²) in [6.45, 7) is 4.75. The van der Waals surface area contributed by atoms with E-state index in [1.165, 1.54) is 0 Å². The molecule has 1 heterocycles. The number of carbonyl (C=O) groups excluding carboxylic acids is 1. The summed E-state index contributed by atoms with van der Waals surface area (Å²) >= 11 is 0. The van der Waals surface area contributed by atoms with Crippen molar-refractivity contribution in [2.24, 2.45) is 0 Å². The molecular weight excluding hydrogens is 294 g/mol. The quantitative estimate of drug-likeness (QED) is 0.831. The summed E-state index contributed by atoms with van der Waals surface area (Å²) in [6, 6.07) is 8.76. The number of aryl methyl sites for hydroxylation is 1. The molecule has 0 aliphatic carbocycles. The second-order valence-electron chi connectivity index (χ2n) is 4.98. The van der Waals surface area contributed by atoms with E-state index in [1.807, 2.05) is 17.6 Å². The molecule has 2 aromatic rings. The fraction of sp³-hybridized carbons (Fsp3) is 0.375. The van der Waals surface area contributed by atoms with Gasteiger partial charge in [-0.1, -0.05) is 13.0 Å². The number of rotatable bonds is 7. The molecule has 0 saturated carbocycles. The minimum absolute atomic E-state index is 0.210. The third-order valence-corrected chi connectivity index (χ3v) is 3.31. The largest absolute Gasteiger partial charge is 0.481 e. The first-order chi connectivity index (χ1) is 11.1. The highest BCUT2D eigenvalue weighted by Crippen LogP contribution is 2.14. The number of carbonyl (C=O) groups is 1. The van der Waals surface area contributed by atoms with Crippen LogP contribution in [0.5, 0.6) is 5.75 Å². The van der Waals surface area contributed by atoms with Gasteiger partial charge in [-0.3, -0.25) is 4.79 Å². The average molecular weight is 313 g/mol. The Kier molecular flexibility index (Phi) is 5.69. The topological polar surface area (TPSA) is 92.8 Å². The fourth-order valence-corrected chi connectivity index (χ4v) is 2.08. The molecule has 0 radical (unpaired) electrons. The number of benzene rings is 1. The standard InChI is InChI=1S/C16H19N5O2/c1-3-15-20-19-11-21(15)8-7-18-16(22)12(2)23-14-6-4-5-13(9-14)10-17/h4-6,9,11-12H,3,7-8H2,1-2H3,(H,18,22). The number of amides is 1. The summed E-state index contributed by atoms with van der Waals surface area (Å²) < 4.78 is 7.46. The van der Waals surface area contributed by atoms with Crippen LogP contribution in [0.1, 0.15) is 25.2 Å². The first-order valence-electron chi connectivity index (χ1n) is 7.45. The van der Waals surface area contributed by atoms with Crippen molar-refractivity contribution in [1.29, 1.82) is 5.26 Å². The van der Waals surface area contributed by atoms with Gasteiger partial charge in [0.25, 0.3) is 5.91 Å². The lowest BCUT2D eigenvalue weighted by Gasteiger charge is -2.15. The summed E-state index contributed by atoms with van der Waals surface area (Å²) in [5.41, 5.74) is 0.495. The van der Waals surface area contributed by atoms with Gasteiger partial charge in [0.1, 0.15) is 17.9 Å². The summed E-state index contributed by atoms with van der Waals surface area (Å²) in [7, 11) is 0. The predicted octanol–water partition coefficient (Wildman–Crippen LogP) is 1.30. The number of ether oxygens (including phenoxy) is 1. The number of hydrogen-bond donors (Lipinski definition) is 1. The molecule has 1 aromatic carbocycles. The Balaban J connectivity index is 1.82. The Hall–Kier alpha value is -2.88. The van der Waals surface area contributed by atoms with Crippen molar-refractivity contribution < 1.29 is 9.53 Å². The second kappa shape index (κ2) is 7.94. The Morgan fingerprint density at radius 2 is 2.35 bits per heavy atom. The molecular formula is C16H19N5O2. The van der Waals surface area contributed by atoms with Crippen LogP contribution in [0.15, 0.2) is 30.6 Å². The van der Waals surface area contributed by atoms with Gasteiger partial charge in [0, 0.05) is 19.5 Å². The fourth-order valence-electron chi connectivity index (χ4n) is 2.08. The summed E-state index contributed by atoms with van der Waals surface area (Å²) in [5.74, 6) is 1.18. The van der Waals surface area contributed by atoms with E-state index < -0.39 is 6.10 Å². The highest BCUT2D eigenvalue weighted by Gasteiger charge is 2.14. The van der Waals surface area contributed by atoms with Gasteiger partial charge in [0.2, 0.25) is 0 Å². The van der Waals surface area contributed by atoms with Crippen LogP contribution in [0, 0.1) is 11.3 Å². The van der Waals surface area contributed by atoms with Gasteiger partial charge in [0.05, 0.1) is 11.6 Å².